The minimum absolute atomic E-state index is 0.576. The summed E-state index contributed by atoms with van der Waals surface area (Å²) in [6.07, 6.45) is 1.87. The zero-order valence-corrected chi connectivity index (χ0v) is 14.1. The third-order valence-corrected chi connectivity index (χ3v) is 4.26. The molecule has 7 heteroatoms. The predicted octanol–water partition coefficient (Wildman–Crippen LogP) is 3.62. The summed E-state index contributed by atoms with van der Waals surface area (Å²) in [5, 5.41) is 8.73. The van der Waals surface area contributed by atoms with Crippen LogP contribution in [0.25, 0.3) is 0 Å². The summed E-state index contributed by atoms with van der Waals surface area (Å²) in [5.41, 5.74) is 0.967. The molecule has 0 atom stereocenters. The molecule has 0 saturated carbocycles. The molecule has 1 heterocycles. The van der Waals surface area contributed by atoms with E-state index in [1.807, 2.05) is 25.3 Å². The van der Waals surface area contributed by atoms with Gasteiger partial charge in [-0.15, -0.1) is 11.3 Å². The highest BCUT2D eigenvalue weighted by molar-refractivity contribution is 7.11. The zero-order valence-electron chi connectivity index (χ0n) is 11.8. The van der Waals surface area contributed by atoms with Crippen molar-refractivity contribution in [2.75, 3.05) is 7.05 Å². The van der Waals surface area contributed by atoms with E-state index in [1.54, 1.807) is 24.5 Å². The quantitative estimate of drug-likeness (QED) is 0.658. The van der Waals surface area contributed by atoms with Crippen molar-refractivity contribution >= 4 is 40.5 Å². The first kappa shape index (κ1) is 16.1. The maximum atomic E-state index is 6.14. The van der Waals surface area contributed by atoms with E-state index in [9.17, 15) is 0 Å². The van der Waals surface area contributed by atoms with E-state index in [4.69, 9.17) is 23.2 Å². The van der Waals surface area contributed by atoms with Gasteiger partial charge in [0.2, 0.25) is 0 Å². The number of thiazole rings is 1. The van der Waals surface area contributed by atoms with Crippen molar-refractivity contribution in [2.24, 2.45) is 4.99 Å². The number of halogens is 2. The van der Waals surface area contributed by atoms with Crippen LogP contribution in [0.4, 0.5) is 0 Å². The molecule has 112 valence electrons. The fraction of sp³-hybridized carbons (Fsp3) is 0.286. The molecule has 1 aromatic heterocycles. The van der Waals surface area contributed by atoms with Crippen LogP contribution in [0.1, 0.15) is 15.4 Å². The molecule has 0 unspecified atom stereocenters. The Hall–Kier alpha value is -1.30. The Labute approximate surface area is 138 Å². The molecule has 0 saturated heterocycles. The summed E-state index contributed by atoms with van der Waals surface area (Å²) in [6.45, 7) is 3.26. The van der Waals surface area contributed by atoms with E-state index >= 15 is 0 Å². The van der Waals surface area contributed by atoms with Crippen molar-refractivity contribution < 1.29 is 0 Å². The van der Waals surface area contributed by atoms with E-state index in [1.165, 1.54) is 4.88 Å². The number of benzene rings is 1. The highest BCUT2D eigenvalue weighted by Gasteiger charge is 2.04. The summed E-state index contributed by atoms with van der Waals surface area (Å²) in [6, 6.07) is 5.45. The third-order valence-electron chi connectivity index (χ3n) is 2.76. The molecule has 0 spiro atoms. The Kier molecular flexibility index (Phi) is 5.85. The highest BCUT2D eigenvalue weighted by atomic mass is 35.5. The molecule has 2 N–H and O–H groups in total. The summed E-state index contributed by atoms with van der Waals surface area (Å²) < 4.78 is 0. The van der Waals surface area contributed by atoms with Crippen molar-refractivity contribution in [3.05, 3.63) is 49.9 Å². The Morgan fingerprint density at radius 3 is 2.67 bits per heavy atom. The molecule has 0 radical (unpaired) electrons. The molecular formula is C14H16Cl2N4S. The van der Waals surface area contributed by atoms with E-state index in [2.05, 4.69) is 20.6 Å². The van der Waals surface area contributed by atoms with Gasteiger partial charge in [-0.1, -0.05) is 29.3 Å². The van der Waals surface area contributed by atoms with Crippen molar-refractivity contribution in [2.45, 2.75) is 20.0 Å². The lowest BCUT2D eigenvalue weighted by Crippen LogP contribution is -2.36. The molecule has 1 aromatic carbocycles. The first-order valence-electron chi connectivity index (χ1n) is 6.38. The summed E-state index contributed by atoms with van der Waals surface area (Å²) in [5.74, 6) is 0.703. The number of aliphatic imine (C=N–C) groups is 1. The van der Waals surface area contributed by atoms with E-state index in [0.29, 0.717) is 29.1 Å². The van der Waals surface area contributed by atoms with E-state index < -0.39 is 0 Å². The van der Waals surface area contributed by atoms with Crippen LogP contribution in [0.15, 0.2) is 29.4 Å². The van der Waals surface area contributed by atoms with Crippen LogP contribution in [-0.4, -0.2) is 18.0 Å². The third kappa shape index (κ3) is 4.88. The number of aromatic nitrogens is 1. The second-order valence-corrected chi connectivity index (χ2v) is 6.54. The van der Waals surface area contributed by atoms with Gasteiger partial charge in [-0.05, 0) is 24.6 Å². The highest BCUT2D eigenvalue weighted by Crippen LogP contribution is 2.20. The molecule has 0 aliphatic carbocycles. The summed E-state index contributed by atoms with van der Waals surface area (Å²) >= 11 is 13.7. The SMILES string of the molecule is CN=C(NCc1ncc(C)s1)NCc1ccc(Cl)cc1Cl. The maximum absolute atomic E-state index is 6.14. The zero-order chi connectivity index (χ0) is 15.2. The van der Waals surface area contributed by atoms with Crippen LogP contribution in [0, 0.1) is 6.92 Å². The number of rotatable bonds is 4. The van der Waals surface area contributed by atoms with Gasteiger partial charge in [-0.3, -0.25) is 4.99 Å². The van der Waals surface area contributed by atoms with Crippen molar-refractivity contribution in [1.82, 2.24) is 15.6 Å². The largest absolute Gasteiger partial charge is 0.352 e. The molecule has 0 bridgehead atoms. The lowest BCUT2D eigenvalue weighted by molar-refractivity contribution is 0.805. The molecule has 0 aliphatic rings. The number of guanidine groups is 1. The summed E-state index contributed by atoms with van der Waals surface area (Å²) in [4.78, 5) is 9.67. The number of hydrogen-bond acceptors (Lipinski definition) is 3. The summed E-state index contributed by atoms with van der Waals surface area (Å²) in [7, 11) is 1.73. The normalized spacial score (nSPS) is 11.5. The lowest BCUT2D eigenvalue weighted by atomic mass is 10.2. The first-order valence-corrected chi connectivity index (χ1v) is 7.95. The van der Waals surface area contributed by atoms with Crippen molar-refractivity contribution in [1.29, 1.82) is 0 Å². The second kappa shape index (κ2) is 7.64. The number of aryl methyl sites for hydroxylation is 1. The van der Waals surface area contributed by atoms with Gasteiger partial charge in [-0.25, -0.2) is 4.98 Å². The molecule has 2 rings (SSSR count). The van der Waals surface area contributed by atoms with Gasteiger partial charge in [0.15, 0.2) is 5.96 Å². The molecule has 4 nitrogen and oxygen atoms in total. The van der Waals surface area contributed by atoms with E-state index in [0.717, 1.165) is 10.6 Å². The lowest BCUT2D eigenvalue weighted by Gasteiger charge is -2.12. The monoisotopic (exact) mass is 342 g/mol. The first-order chi connectivity index (χ1) is 10.1. The van der Waals surface area contributed by atoms with Crippen LogP contribution in [0.5, 0.6) is 0 Å². The standard InChI is InChI=1S/C14H16Cl2N4S/c1-9-6-18-13(21-9)8-20-14(17-2)19-7-10-3-4-11(15)5-12(10)16/h3-6H,7-8H2,1-2H3,(H2,17,19,20). The van der Waals surface area contributed by atoms with Gasteiger partial charge < -0.3 is 10.6 Å². The van der Waals surface area contributed by atoms with Gasteiger partial charge in [0.05, 0.1) is 6.54 Å². The average molecular weight is 343 g/mol. The van der Waals surface area contributed by atoms with Gasteiger partial charge in [0.25, 0.3) is 0 Å². The van der Waals surface area contributed by atoms with Crippen molar-refractivity contribution in [3.63, 3.8) is 0 Å². The van der Waals surface area contributed by atoms with Gasteiger partial charge in [-0.2, -0.15) is 0 Å². The van der Waals surface area contributed by atoms with Crippen LogP contribution in [-0.2, 0) is 13.1 Å². The topological polar surface area (TPSA) is 49.3 Å². The smallest absolute Gasteiger partial charge is 0.191 e. The minimum atomic E-state index is 0.576. The Bertz CT molecular complexity index is 640. The molecule has 21 heavy (non-hydrogen) atoms. The molecule has 2 aromatic rings. The van der Waals surface area contributed by atoms with Crippen LogP contribution >= 0.6 is 34.5 Å². The van der Waals surface area contributed by atoms with Crippen LogP contribution in [0.3, 0.4) is 0 Å². The number of nitrogens with zero attached hydrogens (tertiary/aromatic N) is 2. The molecule has 0 aliphatic heterocycles. The fourth-order valence-corrected chi connectivity index (χ4v) is 2.91. The Morgan fingerprint density at radius 1 is 1.29 bits per heavy atom. The maximum Gasteiger partial charge on any atom is 0.191 e. The predicted molar refractivity (Wildman–Crippen MR) is 90.4 cm³/mol. The number of hydrogen-bond donors (Lipinski definition) is 2. The van der Waals surface area contributed by atoms with Crippen LogP contribution < -0.4 is 10.6 Å². The van der Waals surface area contributed by atoms with Crippen molar-refractivity contribution in [3.8, 4) is 0 Å². The fourth-order valence-electron chi connectivity index (χ4n) is 1.71. The molecule has 0 fully saturated rings. The average Bonchev–Trinajstić information content (AvgIpc) is 2.86. The molecular weight excluding hydrogens is 327 g/mol. The minimum Gasteiger partial charge on any atom is -0.352 e. The van der Waals surface area contributed by atoms with Crippen LogP contribution in [0.2, 0.25) is 10.0 Å². The number of nitrogens with one attached hydrogen (secondary N) is 2. The second-order valence-electron chi connectivity index (χ2n) is 4.38. The van der Waals surface area contributed by atoms with Gasteiger partial charge in [0.1, 0.15) is 5.01 Å². The van der Waals surface area contributed by atoms with Gasteiger partial charge in [0, 0.05) is 34.7 Å². The van der Waals surface area contributed by atoms with Gasteiger partial charge >= 0.3 is 0 Å². The molecule has 0 amide bonds. The van der Waals surface area contributed by atoms with E-state index in [-0.39, 0.29) is 0 Å². The Morgan fingerprint density at radius 2 is 2.05 bits per heavy atom. The Balaban J connectivity index is 1.88.